The summed E-state index contributed by atoms with van der Waals surface area (Å²) in [6.45, 7) is 0. The van der Waals surface area contributed by atoms with Crippen molar-refractivity contribution in [3.05, 3.63) is 60.6 Å². The van der Waals surface area contributed by atoms with Gasteiger partial charge in [-0.25, -0.2) is 24.3 Å². The third-order valence-corrected chi connectivity index (χ3v) is 1.05. The second-order valence-electron chi connectivity index (χ2n) is 1.85. The van der Waals surface area contributed by atoms with Crippen LogP contribution in [-0.2, 0) is 17.1 Å². The molecule has 2 aromatic rings. The van der Waals surface area contributed by atoms with E-state index in [2.05, 4.69) is 0 Å². The van der Waals surface area contributed by atoms with E-state index in [1.807, 2.05) is 42.5 Å². The molecule has 0 heterocycles. The van der Waals surface area contributed by atoms with Crippen LogP contribution in [0.2, 0.25) is 0 Å². The van der Waals surface area contributed by atoms with Gasteiger partial charge in [0.05, 0.1) is 0 Å². The van der Waals surface area contributed by atoms with Gasteiger partial charge >= 0.3 is 17.1 Å². The molecule has 0 bridgehead atoms. The van der Waals surface area contributed by atoms with Crippen LogP contribution in [0.25, 0.3) is 0 Å². The summed E-state index contributed by atoms with van der Waals surface area (Å²) in [6.07, 6.45) is 0. The van der Waals surface area contributed by atoms with Crippen LogP contribution in [0.3, 0.4) is 0 Å². The third-order valence-electron chi connectivity index (χ3n) is 1.05. The normalized spacial score (nSPS) is 8.55. The minimum absolute atomic E-state index is 0. The van der Waals surface area contributed by atoms with E-state index in [1.54, 1.807) is 12.1 Å². The Morgan fingerprint density at radius 3 is 1.45 bits per heavy atom. The zero-order valence-corrected chi connectivity index (χ0v) is 7.15. The molecule has 0 aliphatic carbocycles. The molecule has 0 N–H and O–H groups in total. The van der Waals surface area contributed by atoms with Crippen LogP contribution in [0.1, 0.15) is 1.37 Å². The Bertz CT molecular complexity index is 228. The van der Waals surface area contributed by atoms with E-state index < -0.39 is 0 Å². The van der Waals surface area contributed by atoms with Crippen LogP contribution in [0, 0.1) is 0 Å². The summed E-state index contributed by atoms with van der Waals surface area (Å²) in [6, 6.07) is 17.8. The standard InChI is InChI=1S/2C5H5.Fe/c2*1-2-4-5-3-1;/h2*1-5H;/q2*-1;+2/i1D;;. The Hall–Kier alpha value is -0.781. The third kappa shape index (κ3) is 5.65. The fourth-order valence-corrected chi connectivity index (χ4v) is 0.599. The molecule has 0 saturated heterocycles. The summed E-state index contributed by atoms with van der Waals surface area (Å²) in [4.78, 5) is 0. The maximum absolute atomic E-state index is 6.88. The van der Waals surface area contributed by atoms with Crippen molar-refractivity contribution in [3.63, 3.8) is 0 Å². The summed E-state index contributed by atoms with van der Waals surface area (Å²) >= 11 is 0. The van der Waals surface area contributed by atoms with Gasteiger partial charge in [0.2, 0.25) is 0 Å². The average molecular weight is 187 g/mol. The first kappa shape index (κ1) is 8.32. The minimum atomic E-state index is 0. The Kier molecular flexibility index (Phi) is 5.54. The molecule has 0 aromatic heterocycles. The molecule has 0 aliphatic rings. The summed E-state index contributed by atoms with van der Waals surface area (Å²) in [5, 5.41) is 0. The first-order chi connectivity index (χ1) is 5.39. The van der Waals surface area contributed by atoms with Crippen molar-refractivity contribution in [1.82, 2.24) is 0 Å². The van der Waals surface area contributed by atoms with Gasteiger partial charge in [0.15, 0.2) is 0 Å². The van der Waals surface area contributed by atoms with Gasteiger partial charge in [-0.3, -0.25) is 0 Å². The Labute approximate surface area is 79.5 Å². The largest absolute Gasteiger partial charge is 2.00 e. The van der Waals surface area contributed by atoms with Crippen LogP contribution >= 0.6 is 0 Å². The molecule has 0 saturated carbocycles. The van der Waals surface area contributed by atoms with E-state index in [1.165, 1.54) is 0 Å². The zero-order valence-electron chi connectivity index (χ0n) is 7.05. The predicted octanol–water partition coefficient (Wildman–Crippen LogP) is 2.81. The summed E-state index contributed by atoms with van der Waals surface area (Å²) in [5.41, 5.74) is 0. The van der Waals surface area contributed by atoms with Crippen molar-refractivity contribution in [3.8, 4) is 0 Å². The van der Waals surface area contributed by atoms with Crippen LogP contribution in [0.4, 0.5) is 0 Å². The molecule has 1 heteroatoms. The Balaban J connectivity index is 0.000000189. The maximum atomic E-state index is 6.88. The average Bonchev–Trinajstić information content (AvgIpc) is 2.57. The van der Waals surface area contributed by atoms with Gasteiger partial charge in [-0.15, -0.1) is 0 Å². The van der Waals surface area contributed by atoms with Crippen LogP contribution in [0.5, 0.6) is 0 Å². The number of rotatable bonds is 0. The number of hydrogen-bond donors (Lipinski definition) is 0. The van der Waals surface area contributed by atoms with Gasteiger partial charge in [-0.2, -0.15) is 36.4 Å². The predicted molar refractivity (Wildman–Crippen MR) is 44.1 cm³/mol. The second kappa shape index (κ2) is 7.33. The minimum Gasteiger partial charge on any atom is -0.214 e. The van der Waals surface area contributed by atoms with E-state index in [-0.39, 0.29) is 17.1 Å². The first-order valence-corrected chi connectivity index (χ1v) is 3.24. The molecule has 11 heavy (non-hydrogen) atoms. The van der Waals surface area contributed by atoms with Gasteiger partial charge in [0, 0.05) is 0 Å². The molecule has 2 rings (SSSR count). The van der Waals surface area contributed by atoms with Gasteiger partial charge in [-0.05, 0) is 1.37 Å². The fourth-order valence-electron chi connectivity index (χ4n) is 0.599. The van der Waals surface area contributed by atoms with Crippen molar-refractivity contribution in [1.29, 1.82) is 0 Å². The smallest absolute Gasteiger partial charge is 0.214 e. The van der Waals surface area contributed by atoms with E-state index in [9.17, 15) is 0 Å². The van der Waals surface area contributed by atoms with Crippen molar-refractivity contribution >= 4 is 0 Å². The summed E-state index contributed by atoms with van der Waals surface area (Å²) < 4.78 is 6.88. The summed E-state index contributed by atoms with van der Waals surface area (Å²) in [7, 11) is 0. The van der Waals surface area contributed by atoms with Gasteiger partial charge in [0.25, 0.3) is 0 Å². The zero-order chi connectivity index (χ0) is 7.94. The van der Waals surface area contributed by atoms with Crippen molar-refractivity contribution in [2.45, 2.75) is 0 Å². The SMILES string of the molecule is [2H][c-]1cccc1.[Fe+2].c1cc[cH-]c1. The maximum Gasteiger partial charge on any atom is 2.00 e. The Morgan fingerprint density at radius 1 is 0.818 bits per heavy atom. The molecule has 0 nitrogen and oxygen atoms in total. The second-order valence-corrected chi connectivity index (χ2v) is 1.85. The molecule has 0 fully saturated rings. The van der Waals surface area contributed by atoms with E-state index in [4.69, 9.17) is 1.37 Å². The molecule has 0 aliphatic heterocycles. The molecule has 58 valence electrons. The van der Waals surface area contributed by atoms with E-state index >= 15 is 0 Å². The van der Waals surface area contributed by atoms with Gasteiger partial charge in [-0.1, -0.05) is 0 Å². The van der Waals surface area contributed by atoms with Crippen molar-refractivity contribution in [2.75, 3.05) is 0 Å². The monoisotopic (exact) mass is 187 g/mol. The van der Waals surface area contributed by atoms with Gasteiger partial charge in [0.1, 0.15) is 0 Å². The summed E-state index contributed by atoms with van der Waals surface area (Å²) in [5.74, 6) is 0. The molecular formula is C10H10Fe. The van der Waals surface area contributed by atoms with Gasteiger partial charge < -0.3 is 0 Å². The van der Waals surface area contributed by atoms with Crippen LogP contribution in [-0.4, -0.2) is 0 Å². The van der Waals surface area contributed by atoms with Crippen molar-refractivity contribution in [2.24, 2.45) is 0 Å². The molecule has 0 radical (unpaired) electrons. The fraction of sp³-hybridized carbons (Fsp3) is 0. The van der Waals surface area contributed by atoms with E-state index in [0.29, 0.717) is 6.04 Å². The Morgan fingerprint density at radius 2 is 1.27 bits per heavy atom. The topological polar surface area (TPSA) is 0 Å². The molecule has 0 spiro atoms. The molecule has 0 atom stereocenters. The van der Waals surface area contributed by atoms with Crippen LogP contribution < -0.4 is 0 Å². The number of hydrogen-bond acceptors (Lipinski definition) is 0. The first-order valence-electron chi connectivity index (χ1n) is 3.74. The molecule has 2 aromatic carbocycles. The molecule has 0 amide bonds. The van der Waals surface area contributed by atoms with E-state index in [0.717, 1.165) is 0 Å². The van der Waals surface area contributed by atoms with Crippen LogP contribution in [0.15, 0.2) is 60.6 Å². The molecular weight excluding hydrogens is 176 g/mol. The quantitative estimate of drug-likeness (QED) is 0.439. The molecule has 0 unspecified atom stereocenters. The van der Waals surface area contributed by atoms with Crippen molar-refractivity contribution < 1.29 is 18.4 Å².